The Morgan fingerprint density at radius 2 is 2.21 bits per heavy atom. The first kappa shape index (κ1) is 14.5. The molecule has 1 aliphatic rings. The Kier molecular flexibility index (Phi) is 4.59. The zero-order chi connectivity index (χ0) is 13.9. The maximum atomic E-state index is 12.6. The number of aromatic nitrogens is 2. The lowest BCUT2D eigenvalue weighted by Gasteiger charge is -2.19. The summed E-state index contributed by atoms with van der Waals surface area (Å²) >= 11 is 0. The zero-order valence-electron chi connectivity index (χ0n) is 11.5. The van der Waals surface area contributed by atoms with Crippen molar-refractivity contribution in [2.45, 2.75) is 50.7 Å². The van der Waals surface area contributed by atoms with Gasteiger partial charge in [-0.3, -0.25) is 5.10 Å². The van der Waals surface area contributed by atoms with Gasteiger partial charge in [-0.1, -0.05) is 13.8 Å². The van der Waals surface area contributed by atoms with Crippen molar-refractivity contribution in [3.63, 3.8) is 0 Å². The molecule has 1 saturated carbocycles. The van der Waals surface area contributed by atoms with Gasteiger partial charge in [0.2, 0.25) is 0 Å². The molecule has 1 aromatic heterocycles. The average Bonchev–Trinajstić information content (AvgIpc) is 3.07. The zero-order valence-corrected chi connectivity index (χ0v) is 12.3. The molecule has 0 aromatic carbocycles. The smallest absolute Gasteiger partial charge is 0.260 e. The van der Waals surface area contributed by atoms with Gasteiger partial charge in [0.1, 0.15) is 0 Å². The third-order valence-corrected chi connectivity index (χ3v) is 5.30. The Morgan fingerprint density at radius 3 is 2.79 bits per heavy atom. The second-order valence-corrected chi connectivity index (χ2v) is 6.67. The van der Waals surface area contributed by atoms with Gasteiger partial charge in [-0.25, -0.2) is 8.42 Å². The number of H-pyrrole nitrogens is 1. The van der Waals surface area contributed by atoms with E-state index in [-0.39, 0.29) is 11.1 Å². The Hall–Kier alpha value is -0.920. The normalized spacial score (nSPS) is 16.2. The van der Waals surface area contributed by atoms with Crippen molar-refractivity contribution in [3.8, 4) is 0 Å². The van der Waals surface area contributed by atoms with Crippen LogP contribution < -0.4 is 5.32 Å². The molecule has 19 heavy (non-hydrogen) atoms. The molecular weight excluding hydrogens is 264 g/mol. The van der Waals surface area contributed by atoms with Crippen molar-refractivity contribution in [2.75, 3.05) is 13.1 Å². The molecule has 7 heteroatoms. The van der Waals surface area contributed by atoms with Crippen molar-refractivity contribution < 1.29 is 8.42 Å². The summed E-state index contributed by atoms with van der Waals surface area (Å²) in [7, 11) is -3.44. The molecule has 1 fully saturated rings. The summed E-state index contributed by atoms with van der Waals surface area (Å²) in [5.41, 5.74) is 0.715. The van der Waals surface area contributed by atoms with Crippen molar-refractivity contribution in [3.05, 3.63) is 11.8 Å². The van der Waals surface area contributed by atoms with Gasteiger partial charge in [0.25, 0.3) is 10.0 Å². The van der Waals surface area contributed by atoms with Gasteiger partial charge in [-0.15, -0.1) is 0 Å². The van der Waals surface area contributed by atoms with Crippen LogP contribution in [0.2, 0.25) is 0 Å². The summed E-state index contributed by atoms with van der Waals surface area (Å²) in [6, 6.07) is 0.176. The predicted molar refractivity (Wildman–Crippen MR) is 73.2 cm³/mol. The average molecular weight is 286 g/mol. The van der Waals surface area contributed by atoms with Crippen LogP contribution in [0.5, 0.6) is 0 Å². The molecule has 0 amide bonds. The number of nitrogens with one attached hydrogen (secondary N) is 2. The van der Waals surface area contributed by atoms with Crippen LogP contribution >= 0.6 is 0 Å². The number of nitrogens with zero attached hydrogens (tertiary/aromatic N) is 2. The Labute approximate surface area is 114 Å². The summed E-state index contributed by atoms with van der Waals surface area (Å²) in [6.07, 6.45) is 4.54. The van der Waals surface area contributed by atoms with Crippen LogP contribution in [-0.4, -0.2) is 42.1 Å². The molecule has 0 radical (unpaired) electrons. The Morgan fingerprint density at radius 1 is 1.47 bits per heavy atom. The lowest BCUT2D eigenvalue weighted by atomic mass is 10.3. The van der Waals surface area contributed by atoms with E-state index in [1.54, 1.807) is 10.5 Å². The van der Waals surface area contributed by atoms with Crippen molar-refractivity contribution in [1.82, 2.24) is 19.8 Å². The third kappa shape index (κ3) is 3.16. The fourth-order valence-electron chi connectivity index (χ4n) is 2.15. The predicted octanol–water partition coefficient (Wildman–Crippen LogP) is 1.08. The summed E-state index contributed by atoms with van der Waals surface area (Å²) in [5, 5.41) is 9.99. The van der Waals surface area contributed by atoms with E-state index in [1.807, 2.05) is 6.92 Å². The summed E-state index contributed by atoms with van der Waals surface area (Å²) in [4.78, 5) is 0. The minimum Gasteiger partial charge on any atom is -0.313 e. The lowest BCUT2D eigenvalue weighted by molar-refractivity contribution is 0.418. The molecule has 0 spiro atoms. The van der Waals surface area contributed by atoms with E-state index in [2.05, 4.69) is 22.4 Å². The van der Waals surface area contributed by atoms with Crippen molar-refractivity contribution in [2.24, 2.45) is 0 Å². The maximum absolute atomic E-state index is 12.6. The maximum Gasteiger partial charge on any atom is 0.260 e. The minimum absolute atomic E-state index is 0.176. The highest BCUT2D eigenvalue weighted by Crippen LogP contribution is 2.31. The topological polar surface area (TPSA) is 78.1 Å². The molecule has 0 saturated heterocycles. The number of hydrogen-bond acceptors (Lipinski definition) is 4. The lowest BCUT2D eigenvalue weighted by Crippen LogP contribution is -2.34. The second-order valence-electron chi connectivity index (χ2n) is 4.84. The van der Waals surface area contributed by atoms with Gasteiger partial charge in [0, 0.05) is 24.7 Å². The molecule has 2 rings (SSSR count). The number of sulfonamides is 1. The molecule has 2 N–H and O–H groups in total. The highest BCUT2D eigenvalue weighted by Gasteiger charge is 2.38. The van der Waals surface area contributed by atoms with E-state index in [0.29, 0.717) is 18.7 Å². The summed E-state index contributed by atoms with van der Waals surface area (Å²) < 4.78 is 26.7. The van der Waals surface area contributed by atoms with Crippen molar-refractivity contribution in [1.29, 1.82) is 0 Å². The van der Waals surface area contributed by atoms with E-state index in [1.165, 1.54) is 0 Å². The molecule has 1 aliphatic carbocycles. The van der Waals surface area contributed by atoms with Crippen LogP contribution in [0.1, 0.15) is 38.7 Å². The third-order valence-electron chi connectivity index (χ3n) is 3.25. The number of aromatic amines is 1. The van der Waals surface area contributed by atoms with Crippen LogP contribution in [0.4, 0.5) is 0 Å². The quantitative estimate of drug-likeness (QED) is 0.701. The van der Waals surface area contributed by atoms with Crippen molar-refractivity contribution >= 4 is 10.0 Å². The fraction of sp³-hybridized carbons (Fsp3) is 0.750. The first-order chi connectivity index (χ1) is 9.11. The highest BCUT2D eigenvalue weighted by molar-refractivity contribution is 7.89. The minimum atomic E-state index is -3.44. The summed E-state index contributed by atoms with van der Waals surface area (Å²) in [6.45, 7) is 5.85. The van der Waals surface area contributed by atoms with E-state index < -0.39 is 10.0 Å². The number of hydrogen-bond donors (Lipinski definition) is 2. The SMILES string of the molecule is CCCNCc1cn[nH]c1S(=O)(=O)N(CC)C1CC1. The van der Waals surface area contributed by atoms with Crippen LogP contribution in [-0.2, 0) is 16.6 Å². The van der Waals surface area contributed by atoms with E-state index in [0.717, 1.165) is 25.8 Å². The molecule has 1 aromatic rings. The van der Waals surface area contributed by atoms with Crippen LogP contribution in [0.3, 0.4) is 0 Å². The van der Waals surface area contributed by atoms with E-state index >= 15 is 0 Å². The van der Waals surface area contributed by atoms with Crippen LogP contribution in [0, 0.1) is 0 Å². The molecular formula is C12H22N4O2S. The largest absolute Gasteiger partial charge is 0.313 e. The monoisotopic (exact) mass is 286 g/mol. The Bertz CT molecular complexity index is 508. The van der Waals surface area contributed by atoms with Crippen LogP contribution in [0.15, 0.2) is 11.2 Å². The molecule has 0 aliphatic heterocycles. The second kappa shape index (κ2) is 6.02. The van der Waals surface area contributed by atoms with Gasteiger partial charge in [-0.2, -0.15) is 9.40 Å². The molecule has 1 heterocycles. The van der Waals surface area contributed by atoms with E-state index in [4.69, 9.17) is 0 Å². The van der Waals surface area contributed by atoms with Gasteiger partial charge in [0.15, 0.2) is 5.03 Å². The first-order valence-electron chi connectivity index (χ1n) is 6.86. The van der Waals surface area contributed by atoms with Gasteiger partial charge in [0.05, 0.1) is 6.20 Å². The standard InChI is InChI=1S/C12H22N4O2S/c1-3-7-13-8-10-9-14-15-12(10)19(17,18)16(4-2)11-5-6-11/h9,11,13H,3-8H2,1-2H3,(H,14,15). The first-order valence-corrected chi connectivity index (χ1v) is 8.30. The van der Waals surface area contributed by atoms with Crippen LogP contribution in [0.25, 0.3) is 0 Å². The van der Waals surface area contributed by atoms with Gasteiger partial charge in [-0.05, 0) is 25.8 Å². The molecule has 0 atom stereocenters. The van der Waals surface area contributed by atoms with Gasteiger partial charge < -0.3 is 5.32 Å². The van der Waals surface area contributed by atoms with Gasteiger partial charge >= 0.3 is 0 Å². The summed E-state index contributed by atoms with van der Waals surface area (Å²) in [5.74, 6) is 0. The molecule has 6 nitrogen and oxygen atoms in total. The number of rotatable bonds is 8. The molecule has 0 bridgehead atoms. The molecule has 0 unspecified atom stereocenters. The molecule has 108 valence electrons. The Balaban J connectivity index is 2.17. The van der Waals surface area contributed by atoms with E-state index in [9.17, 15) is 8.42 Å². The fourth-order valence-corrected chi connectivity index (χ4v) is 3.95. The highest BCUT2D eigenvalue weighted by atomic mass is 32.2.